The Kier molecular flexibility index (Phi) is 5.31. The van der Waals surface area contributed by atoms with Gasteiger partial charge in [-0.3, -0.25) is 0 Å². The van der Waals surface area contributed by atoms with E-state index in [9.17, 15) is 0 Å². The molecule has 1 aromatic rings. The number of anilines is 1. The second-order valence-corrected chi connectivity index (χ2v) is 8.34. The van der Waals surface area contributed by atoms with Gasteiger partial charge in [0.15, 0.2) is 0 Å². The van der Waals surface area contributed by atoms with E-state index in [-0.39, 0.29) is 5.54 Å². The van der Waals surface area contributed by atoms with E-state index >= 15 is 0 Å². The molecule has 4 heteroatoms. The van der Waals surface area contributed by atoms with Crippen LogP contribution in [0.5, 0.6) is 0 Å². The molecule has 2 rings (SSSR count). The van der Waals surface area contributed by atoms with Crippen LogP contribution in [0, 0.1) is 5.92 Å². The van der Waals surface area contributed by atoms with Crippen molar-refractivity contribution in [3.05, 3.63) is 22.3 Å². The molecular formula is C17H28BrN3. The van der Waals surface area contributed by atoms with Gasteiger partial charge in [0.05, 0.1) is 0 Å². The topological polar surface area (TPSA) is 28.2 Å². The third-order valence-electron chi connectivity index (χ3n) is 4.11. The minimum atomic E-state index is 0.112. The average molecular weight is 354 g/mol. The van der Waals surface area contributed by atoms with Crippen LogP contribution in [0.15, 0.2) is 16.7 Å². The van der Waals surface area contributed by atoms with Crippen molar-refractivity contribution in [3.63, 3.8) is 0 Å². The van der Waals surface area contributed by atoms with Gasteiger partial charge in [-0.1, -0.05) is 6.92 Å². The molecule has 2 heterocycles. The first-order valence-electron chi connectivity index (χ1n) is 7.92. The van der Waals surface area contributed by atoms with Crippen LogP contribution in [0.25, 0.3) is 0 Å². The number of pyridine rings is 1. The second kappa shape index (κ2) is 6.66. The molecule has 0 aromatic carbocycles. The van der Waals surface area contributed by atoms with Gasteiger partial charge in [-0.15, -0.1) is 0 Å². The van der Waals surface area contributed by atoms with E-state index in [4.69, 9.17) is 4.98 Å². The zero-order valence-electron chi connectivity index (χ0n) is 13.9. The Morgan fingerprint density at radius 3 is 2.71 bits per heavy atom. The molecule has 3 nitrogen and oxygen atoms in total. The van der Waals surface area contributed by atoms with E-state index in [1.807, 2.05) is 6.20 Å². The van der Waals surface area contributed by atoms with Crippen LogP contribution in [0.2, 0.25) is 0 Å². The van der Waals surface area contributed by atoms with E-state index in [1.54, 1.807) is 0 Å². The summed E-state index contributed by atoms with van der Waals surface area (Å²) < 4.78 is 1.05. The lowest BCUT2D eigenvalue weighted by Crippen LogP contribution is -2.43. The largest absolute Gasteiger partial charge is 0.353 e. The summed E-state index contributed by atoms with van der Waals surface area (Å²) in [5.74, 6) is 1.89. The summed E-state index contributed by atoms with van der Waals surface area (Å²) >= 11 is 3.56. The van der Waals surface area contributed by atoms with Crippen molar-refractivity contribution in [1.82, 2.24) is 10.3 Å². The highest BCUT2D eigenvalue weighted by Crippen LogP contribution is 2.30. The van der Waals surface area contributed by atoms with E-state index in [2.05, 4.69) is 66.8 Å². The summed E-state index contributed by atoms with van der Waals surface area (Å²) in [7, 11) is 0. The highest BCUT2D eigenvalue weighted by molar-refractivity contribution is 9.10. The highest BCUT2D eigenvalue weighted by Gasteiger charge is 2.26. The van der Waals surface area contributed by atoms with Crippen LogP contribution in [-0.2, 0) is 6.54 Å². The number of piperidine rings is 1. The molecule has 1 saturated heterocycles. The van der Waals surface area contributed by atoms with Crippen LogP contribution >= 0.6 is 15.9 Å². The van der Waals surface area contributed by atoms with Gasteiger partial charge in [-0.2, -0.15) is 0 Å². The molecule has 1 N–H and O–H groups in total. The van der Waals surface area contributed by atoms with Crippen molar-refractivity contribution in [2.24, 2.45) is 5.92 Å². The maximum atomic E-state index is 4.73. The number of aromatic nitrogens is 1. The predicted molar refractivity (Wildman–Crippen MR) is 93.7 cm³/mol. The molecule has 2 unspecified atom stereocenters. The van der Waals surface area contributed by atoms with Gasteiger partial charge in [0, 0.05) is 40.9 Å². The van der Waals surface area contributed by atoms with Gasteiger partial charge in [0.2, 0.25) is 0 Å². The fraction of sp³-hybridized carbons (Fsp3) is 0.706. The lowest BCUT2D eigenvalue weighted by atomic mass is 9.94. The van der Waals surface area contributed by atoms with Crippen molar-refractivity contribution in [2.45, 2.75) is 65.6 Å². The minimum Gasteiger partial charge on any atom is -0.353 e. The van der Waals surface area contributed by atoms with Gasteiger partial charge in [-0.25, -0.2) is 4.98 Å². The summed E-state index contributed by atoms with van der Waals surface area (Å²) in [5, 5.41) is 3.58. The number of rotatable bonds is 3. The molecule has 0 radical (unpaired) electrons. The van der Waals surface area contributed by atoms with Crippen LogP contribution in [0.1, 0.15) is 53.0 Å². The summed E-state index contributed by atoms with van der Waals surface area (Å²) in [6.07, 6.45) is 4.50. The van der Waals surface area contributed by atoms with Gasteiger partial charge < -0.3 is 10.2 Å². The van der Waals surface area contributed by atoms with Crippen LogP contribution in [0.3, 0.4) is 0 Å². The first-order chi connectivity index (χ1) is 9.76. The molecule has 1 aliphatic heterocycles. The highest BCUT2D eigenvalue weighted by atomic mass is 79.9. The molecule has 118 valence electrons. The first-order valence-corrected chi connectivity index (χ1v) is 8.71. The summed E-state index contributed by atoms with van der Waals surface area (Å²) in [6.45, 7) is 13.2. The Hall–Kier alpha value is -0.610. The Balaban J connectivity index is 2.25. The SMILES string of the molecule is CC1CCC(C)N(c2ncc(Br)cc2CNC(C)(C)C)C1. The molecule has 0 spiro atoms. The van der Waals surface area contributed by atoms with Gasteiger partial charge in [0.1, 0.15) is 5.82 Å². The molecule has 1 aromatic heterocycles. The third-order valence-corrected chi connectivity index (χ3v) is 4.54. The van der Waals surface area contributed by atoms with Gasteiger partial charge >= 0.3 is 0 Å². The average Bonchev–Trinajstić information content (AvgIpc) is 2.39. The molecule has 21 heavy (non-hydrogen) atoms. The Morgan fingerprint density at radius 2 is 2.05 bits per heavy atom. The number of halogens is 1. The number of nitrogens with zero attached hydrogens (tertiary/aromatic N) is 2. The number of hydrogen-bond donors (Lipinski definition) is 1. The second-order valence-electron chi connectivity index (χ2n) is 7.42. The van der Waals surface area contributed by atoms with Crippen LogP contribution < -0.4 is 10.2 Å². The van der Waals surface area contributed by atoms with Gasteiger partial charge in [-0.05, 0) is 68.5 Å². The van der Waals surface area contributed by atoms with Crippen molar-refractivity contribution in [2.75, 3.05) is 11.4 Å². The monoisotopic (exact) mass is 353 g/mol. The van der Waals surface area contributed by atoms with Crippen LogP contribution in [0.4, 0.5) is 5.82 Å². The smallest absolute Gasteiger partial charge is 0.133 e. The molecular weight excluding hydrogens is 326 g/mol. The standard InChI is InChI=1S/C17H28BrN3/c1-12-6-7-13(2)21(11-12)16-14(8-15(18)10-19-16)9-20-17(3,4)5/h8,10,12-13,20H,6-7,9,11H2,1-5H3. The Bertz CT molecular complexity index is 481. The summed E-state index contributed by atoms with van der Waals surface area (Å²) in [5.41, 5.74) is 1.39. The van der Waals surface area contributed by atoms with E-state index < -0.39 is 0 Å². The zero-order valence-corrected chi connectivity index (χ0v) is 15.5. The molecule has 0 bridgehead atoms. The fourth-order valence-corrected chi connectivity index (χ4v) is 3.19. The minimum absolute atomic E-state index is 0.112. The first kappa shape index (κ1) is 16.8. The van der Waals surface area contributed by atoms with Crippen LogP contribution in [-0.4, -0.2) is 23.1 Å². The lowest BCUT2D eigenvalue weighted by Gasteiger charge is -2.39. The third kappa shape index (κ3) is 4.68. The summed E-state index contributed by atoms with van der Waals surface area (Å²) in [4.78, 5) is 7.21. The number of nitrogens with one attached hydrogen (secondary N) is 1. The van der Waals surface area contributed by atoms with Crippen molar-refractivity contribution in [3.8, 4) is 0 Å². The molecule has 0 amide bonds. The van der Waals surface area contributed by atoms with E-state index in [0.717, 1.165) is 29.3 Å². The molecule has 0 saturated carbocycles. The maximum absolute atomic E-state index is 4.73. The molecule has 0 aliphatic carbocycles. The van der Waals surface area contributed by atoms with Gasteiger partial charge in [0.25, 0.3) is 0 Å². The molecule has 1 fully saturated rings. The quantitative estimate of drug-likeness (QED) is 0.874. The Labute approximate surface area is 137 Å². The predicted octanol–water partition coefficient (Wildman–Crippen LogP) is 4.36. The molecule has 1 aliphatic rings. The van der Waals surface area contributed by atoms with Crippen molar-refractivity contribution < 1.29 is 0 Å². The number of hydrogen-bond acceptors (Lipinski definition) is 3. The van der Waals surface area contributed by atoms with E-state index in [1.165, 1.54) is 18.4 Å². The van der Waals surface area contributed by atoms with Crippen molar-refractivity contribution in [1.29, 1.82) is 0 Å². The maximum Gasteiger partial charge on any atom is 0.133 e. The van der Waals surface area contributed by atoms with Crippen molar-refractivity contribution >= 4 is 21.7 Å². The van der Waals surface area contributed by atoms with E-state index in [0.29, 0.717) is 6.04 Å². The lowest BCUT2D eigenvalue weighted by molar-refractivity contribution is 0.385. The molecule has 2 atom stereocenters. The fourth-order valence-electron chi connectivity index (χ4n) is 2.81. The normalized spacial score (nSPS) is 23.4. The Morgan fingerprint density at radius 1 is 1.33 bits per heavy atom. The summed E-state index contributed by atoms with van der Waals surface area (Å²) in [6, 6.07) is 2.77. The zero-order chi connectivity index (χ0) is 15.6.